The molecule has 2 aromatic carbocycles. The zero-order valence-electron chi connectivity index (χ0n) is 20.9. The number of benzene rings is 2. The molecular formula is C30H36N6. The molecule has 0 spiro atoms. The molecule has 1 aliphatic carbocycles. The van der Waals surface area contributed by atoms with Crippen molar-refractivity contribution < 1.29 is 0 Å². The van der Waals surface area contributed by atoms with Crippen LogP contribution in [-0.4, -0.2) is 53.5 Å². The van der Waals surface area contributed by atoms with E-state index in [1.165, 1.54) is 22.3 Å². The average Bonchev–Trinajstić information content (AvgIpc) is 3.07. The standard InChI is InChI=1S/C30H36N6/c1-3-9-28-33-29(10-4-2)36(31)30(34-28)35-19-17-24(18-20-35)32-21-27-25-13-7-5-11-22(25)15-16-23-12-6-8-14-26(23)27/h3-8,11-16,24,27,29,32H,1-2,9-10,17-21,31H2. The predicted molar refractivity (Wildman–Crippen MR) is 151 cm³/mol. The van der Waals surface area contributed by atoms with Crippen molar-refractivity contribution in [2.75, 3.05) is 19.6 Å². The smallest absolute Gasteiger partial charge is 0.219 e. The molecule has 6 heteroatoms. The number of hydrogen-bond acceptors (Lipinski definition) is 6. The van der Waals surface area contributed by atoms with Crippen molar-refractivity contribution in [1.82, 2.24) is 15.2 Å². The number of aliphatic imine (C=N–C) groups is 2. The largest absolute Gasteiger partial charge is 0.341 e. The summed E-state index contributed by atoms with van der Waals surface area (Å²) < 4.78 is 0. The molecule has 3 aliphatic rings. The average molecular weight is 481 g/mol. The first kappa shape index (κ1) is 24.2. The van der Waals surface area contributed by atoms with E-state index in [9.17, 15) is 0 Å². The van der Waals surface area contributed by atoms with Gasteiger partial charge in [-0.2, -0.15) is 4.99 Å². The number of piperidine rings is 1. The Hall–Kier alpha value is -3.48. The van der Waals surface area contributed by atoms with Gasteiger partial charge < -0.3 is 10.2 Å². The summed E-state index contributed by atoms with van der Waals surface area (Å²) in [6.07, 6.45) is 11.5. The molecule has 5 rings (SSSR count). The first-order chi connectivity index (χ1) is 17.7. The summed E-state index contributed by atoms with van der Waals surface area (Å²) >= 11 is 0. The molecule has 0 bridgehead atoms. The van der Waals surface area contributed by atoms with E-state index in [1.807, 2.05) is 12.2 Å². The molecule has 6 nitrogen and oxygen atoms in total. The molecular weight excluding hydrogens is 444 g/mol. The lowest BCUT2D eigenvalue weighted by atomic mass is 9.87. The Morgan fingerprint density at radius 1 is 0.944 bits per heavy atom. The van der Waals surface area contributed by atoms with Crippen molar-refractivity contribution in [2.24, 2.45) is 15.8 Å². The van der Waals surface area contributed by atoms with E-state index in [0.717, 1.165) is 44.3 Å². The fraction of sp³-hybridized carbons (Fsp3) is 0.333. The van der Waals surface area contributed by atoms with Gasteiger partial charge in [-0.3, -0.25) is 5.01 Å². The highest BCUT2D eigenvalue weighted by Gasteiger charge is 2.30. The Morgan fingerprint density at radius 2 is 1.58 bits per heavy atom. The van der Waals surface area contributed by atoms with Crippen LogP contribution in [0.15, 0.2) is 83.8 Å². The van der Waals surface area contributed by atoms with Crippen LogP contribution < -0.4 is 11.2 Å². The highest BCUT2D eigenvalue weighted by Crippen LogP contribution is 2.34. The molecule has 36 heavy (non-hydrogen) atoms. The van der Waals surface area contributed by atoms with Gasteiger partial charge in [0.15, 0.2) is 0 Å². The minimum atomic E-state index is -0.162. The fourth-order valence-electron chi connectivity index (χ4n) is 5.44. The zero-order chi connectivity index (χ0) is 24.9. The lowest BCUT2D eigenvalue weighted by Gasteiger charge is -2.40. The van der Waals surface area contributed by atoms with Gasteiger partial charge in [0.2, 0.25) is 5.96 Å². The van der Waals surface area contributed by atoms with Gasteiger partial charge in [-0.15, -0.1) is 13.2 Å². The summed E-state index contributed by atoms with van der Waals surface area (Å²) in [4.78, 5) is 11.7. The molecule has 1 unspecified atom stereocenters. The molecule has 3 N–H and O–H groups in total. The van der Waals surface area contributed by atoms with Crippen molar-refractivity contribution in [3.05, 3.63) is 96.1 Å². The van der Waals surface area contributed by atoms with Crippen molar-refractivity contribution in [2.45, 2.75) is 43.8 Å². The Labute approximate surface area is 214 Å². The summed E-state index contributed by atoms with van der Waals surface area (Å²) in [6.45, 7) is 10.4. The first-order valence-corrected chi connectivity index (χ1v) is 12.9. The second-order valence-corrected chi connectivity index (χ2v) is 9.68. The van der Waals surface area contributed by atoms with Crippen LogP contribution in [0.2, 0.25) is 0 Å². The molecule has 2 heterocycles. The van der Waals surface area contributed by atoms with Gasteiger partial charge in [0.05, 0.1) is 0 Å². The lowest BCUT2D eigenvalue weighted by Crippen LogP contribution is -2.57. The fourth-order valence-corrected chi connectivity index (χ4v) is 5.44. The number of amidine groups is 1. The third-order valence-corrected chi connectivity index (χ3v) is 7.36. The van der Waals surface area contributed by atoms with E-state index in [-0.39, 0.29) is 6.17 Å². The van der Waals surface area contributed by atoms with Gasteiger partial charge in [0.25, 0.3) is 0 Å². The highest BCUT2D eigenvalue weighted by atomic mass is 15.6. The molecule has 2 aromatic rings. The molecule has 186 valence electrons. The summed E-state index contributed by atoms with van der Waals surface area (Å²) in [5, 5.41) is 5.61. The Bertz CT molecular complexity index is 1140. The molecule has 1 atom stereocenters. The van der Waals surface area contributed by atoms with Crippen LogP contribution in [0.3, 0.4) is 0 Å². The third kappa shape index (κ3) is 5.06. The number of likely N-dealkylation sites (tertiary alicyclic amines) is 1. The maximum Gasteiger partial charge on any atom is 0.219 e. The van der Waals surface area contributed by atoms with Crippen LogP contribution in [0, 0.1) is 0 Å². The monoisotopic (exact) mass is 480 g/mol. The first-order valence-electron chi connectivity index (χ1n) is 12.9. The van der Waals surface area contributed by atoms with Gasteiger partial charge in [-0.05, 0) is 35.1 Å². The number of rotatable bonds is 7. The van der Waals surface area contributed by atoms with Crippen molar-refractivity contribution >= 4 is 23.9 Å². The lowest BCUT2D eigenvalue weighted by molar-refractivity contribution is 0.222. The topological polar surface area (TPSA) is 69.2 Å². The molecule has 0 amide bonds. The highest BCUT2D eigenvalue weighted by molar-refractivity contribution is 5.98. The number of nitrogens with zero attached hydrogens (tertiary/aromatic N) is 4. The quantitative estimate of drug-likeness (QED) is 0.442. The minimum Gasteiger partial charge on any atom is -0.341 e. The van der Waals surface area contributed by atoms with Crippen LogP contribution in [0.5, 0.6) is 0 Å². The van der Waals surface area contributed by atoms with E-state index in [2.05, 4.69) is 89.0 Å². The van der Waals surface area contributed by atoms with Crippen LogP contribution in [0.25, 0.3) is 12.2 Å². The number of hydrogen-bond donors (Lipinski definition) is 2. The zero-order valence-corrected chi connectivity index (χ0v) is 20.9. The Balaban J connectivity index is 1.25. The SMILES string of the molecule is C=CCC1=NC(CC=C)N(N)C(N2CCC(NCC3c4ccccc4C=Cc4ccccc43)CC2)=N1. The van der Waals surface area contributed by atoms with Crippen LogP contribution in [0.4, 0.5) is 0 Å². The Morgan fingerprint density at radius 3 is 2.19 bits per heavy atom. The maximum absolute atomic E-state index is 6.45. The molecule has 2 aliphatic heterocycles. The molecule has 1 saturated heterocycles. The normalized spacial score (nSPS) is 20.2. The van der Waals surface area contributed by atoms with E-state index in [4.69, 9.17) is 10.8 Å². The third-order valence-electron chi connectivity index (χ3n) is 7.36. The summed E-state index contributed by atoms with van der Waals surface area (Å²) in [7, 11) is 0. The number of nitrogens with two attached hydrogens (primary N) is 1. The summed E-state index contributed by atoms with van der Waals surface area (Å²) in [5.74, 6) is 8.37. The van der Waals surface area contributed by atoms with Gasteiger partial charge in [0.1, 0.15) is 12.0 Å². The van der Waals surface area contributed by atoms with E-state index >= 15 is 0 Å². The maximum atomic E-state index is 6.45. The molecule has 0 radical (unpaired) electrons. The number of nitrogens with one attached hydrogen (secondary N) is 1. The minimum absolute atomic E-state index is 0.162. The number of fused-ring (bicyclic) bond motifs is 2. The van der Waals surface area contributed by atoms with E-state index < -0.39 is 0 Å². The van der Waals surface area contributed by atoms with E-state index in [0.29, 0.717) is 24.8 Å². The predicted octanol–water partition coefficient (Wildman–Crippen LogP) is 4.78. The van der Waals surface area contributed by atoms with Gasteiger partial charge in [-0.25, -0.2) is 10.8 Å². The van der Waals surface area contributed by atoms with E-state index in [1.54, 1.807) is 5.01 Å². The molecule has 0 aromatic heterocycles. The number of guanidine groups is 1. The van der Waals surface area contributed by atoms with Crippen LogP contribution >= 0.6 is 0 Å². The van der Waals surface area contributed by atoms with Crippen molar-refractivity contribution in [3.63, 3.8) is 0 Å². The summed E-state index contributed by atoms with van der Waals surface area (Å²) in [6, 6.07) is 18.0. The van der Waals surface area contributed by atoms with Crippen molar-refractivity contribution in [1.29, 1.82) is 0 Å². The number of hydrazine groups is 1. The molecule has 0 saturated carbocycles. The van der Waals surface area contributed by atoms with Crippen LogP contribution in [-0.2, 0) is 0 Å². The van der Waals surface area contributed by atoms with Crippen molar-refractivity contribution in [3.8, 4) is 0 Å². The van der Waals surface area contributed by atoms with Gasteiger partial charge >= 0.3 is 0 Å². The van der Waals surface area contributed by atoms with Crippen LogP contribution in [0.1, 0.15) is 53.9 Å². The molecule has 1 fully saturated rings. The second-order valence-electron chi connectivity index (χ2n) is 9.68. The van der Waals surface area contributed by atoms with Gasteiger partial charge in [0, 0.05) is 44.4 Å². The summed E-state index contributed by atoms with van der Waals surface area (Å²) in [5.41, 5.74) is 5.39. The Kier molecular flexibility index (Phi) is 7.44. The second kappa shape index (κ2) is 11.1. The van der Waals surface area contributed by atoms with Gasteiger partial charge in [-0.1, -0.05) is 72.8 Å².